The van der Waals surface area contributed by atoms with E-state index in [0.717, 1.165) is 0 Å². The summed E-state index contributed by atoms with van der Waals surface area (Å²) in [4.78, 5) is 11.2. The summed E-state index contributed by atoms with van der Waals surface area (Å²) in [6.07, 6.45) is -6.72. The number of carbonyl (C=O) groups excluding carboxylic acids is 1. The van der Waals surface area contributed by atoms with Crippen LogP contribution in [-0.4, -0.2) is 99.5 Å². The van der Waals surface area contributed by atoms with E-state index in [1.54, 1.807) is 6.08 Å². The van der Waals surface area contributed by atoms with Crippen molar-refractivity contribution >= 4 is 5.97 Å². The number of esters is 1. The lowest BCUT2D eigenvalue weighted by molar-refractivity contribution is -0.344. The van der Waals surface area contributed by atoms with E-state index in [9.17, 15) is 30.3 Å². The van der Waals surface area contributed by atoms with Gasteiger partial charge in [-0.2, -0.15) is 0 Å². The number of aliphatic hydroxyl groups is 5. The number of rotatable bonds is 5. The van der Waals surface area contributed by atoms with Gasteiger partial charge >= 0.3 is 5.97 Å². The fourth-order valence-corrected chi connectivity index (χ4v) is 4.37. The maximum Gasteiger partial charge on any atom is 0.302 e. The van der Waals surface area contributed by atoms with Crippen LogP contribution in [0.5, 0.6) is 0 Å². The second kappa shape index (κ2) is 7.18. The summed E-state index contributed by atoms with van der Waals surface area (Å²) in [6, 6.07) is 0. The quantitative estimate of drug-likeness (QED) is 0.234. The minimum atomic E-state index is -1.60. The van der Waals surface area contributed by atoms with Gasteiger partial charge in [0.15, 0.2) is 6.29 Å². The molecule has 2 saturated heterocycles. The minimum Gasteiger partial charge on any atom is -0.472 e. The summed E-state index contributed by atoms with van der Waals surface area (Å²) in [5.41, 5.74) is -1.00. The van der Waals surface area contributed by atoms with Crippen LogP contribution in [-0.2, 0) is 28.5 Å². The second-order valence-electron chi connectivity index (χ2n) is 7.53. The predicted octanol–water partition coefficient (Wildman–Crippen LogP) is -3.02. The monoisotopic (exact) mass is 404 g/mol. The Morgan fingerprint density at radius 1 is 1.11 bits per heavy atom. The Morgan fingerprint density at radius 3 is 2.54 bits per heavy atom. The van der Waals surface area contributed by atoms with Crippen LogP contribution < -0.4 is 0 Å². The first-order valence-electron chi connectivity index (χ1n) is 9.07. The summed E-state index contributed by atoms with van der Waals surface area (Å²) < 4.78 is 27.4. The van der Waals surface area contributed by atoms with Gasteiger partial charge in [-0.25, -0.2) is 0 Å². The number of epoxide rings is 1. The summed E-state index contributed by atoms with van der Waals surface area (Å²) in [7, 11) is 0. The van der Waals surface area contributed by atoms with E-state index in [4.69, 9.17) is 23.7 Å². The first-order valence-corrected chi connectivity index (χ1v) is 9.07. The number of ether oxygens (including phenoxy) is 5. The van der Waals surface area contributed by atoms with Crippen molar-refractivity contribution in [2.45, 2.75) is 61.7 Å². The van der Waals surface area contributed by atoms with E-state index >= 15 is 0 Å². The van der Waals surface area contributed by atoms with Crippen LogP contribution in [0.2, 0.25) is 0 Å². The van der Waals surface area contributed by atoms with E-state index in [1.807, 2.05) is 0 Å². The molecule has 0 aromatic heterocycles. The van der Waals surface area contributed by atoms with Gasteiger partial charge < -0.3 is 49.2 Å². The van der Waals surface area contributed by atoms with E-state index in [2.05, 4.69) is 0 Å². The molecule has 3 heterocycles. The van der Waals surface area contributed by atoms with Gasteiger partial charge in [0.1, 0.15) is 42.7 Å². The largest absolute Gasteiger partial charge is 0.472 e. The lowest BCUT2D eigenvalue weighted by Gasteiger charge is -2.43. The number of aliphatic hydroxyl groups excluding tert-OH is 5. The molecule has 4 aliphatic rings. The average Bonchev–Trinajstić information content (AvgIpc) is 3.36. The molecular weight excluding hydrogens is 380 g/mol. The van der Waals surface area contributed by atoms with Crippen molar-refractivity contribution in [1.29, 1.82) is 0 Å². The molecule has 11 atom stereocenters. The molecule has 0 amide bonds. The van der Waals surface area contributed by atoms with Crippen molar-refractivity contribution in [3.05, 3.63) is 12.3 Å². The lowest BCUT2D eigenvalue weighted by atomic mass is 9.85. The molecular formula is C17H24O11. The van der Waals surface area contributed by atoms with E-state index in [0.29, 0.717) is 0 Å². The molecule has 5 N–H and O–H groups in total. The molecule has 3 aliphatic heterocycles. The second-order valence-corrected chi connectivity index (χ2v) is 7.53. The smallest absolute Gasteiger partial charge is 0.302 e. The van der Waals surface area contributed by atoms with Crippen LogP contribution >= 0.6 is 0 Å². The van der Waals surface area contributed by atoms with Crippen LogP contribution in [0.25, 0.3) is 0 Å². The predicted molar refractivity (Wildman–Crippen MR) is 86.1 cm³/mol. The number of fused-ring (bicyclic) bond motifs is 3. The van der Waals surface area contributed by atoms with Gasteiger partial charge in [-0.3, -0.25) is 4.79 Å². The Hall–Kier alpha value is -1.31. The standard InChI is InChI=1S/C17H24O11/c1-6(19)25-5-17-9-7(10(20)14(17)28-17)2-3-24-15(9)27-16-13(23)12(22)11(21)8(4-18)26-16/h2-3,7-16,18,20-23H,4-5H2,1H3/t7-,8-,9-,10+,11-,12+,13-,14+,15+,16+,17-/m1/s1. The van der Waals surface area contributed by atoms with E-state index in [1.165, 1.54) is 13.2 Å². The molecule has 0 spiro atoms. The number of hydrogen-bond acceptors (Lipinski definition) is 11. The van der Waals surface area contributed by atoms with Gasteiger partial charge in [-0.05, 0) is 6.08 Å². The van der Waals surface area contributed by atoms with Gasteiger partial charge in [0.05, 0.1) is 24.9 Å². The third kappa shape index (κ3) is 3.02. The molecule has 11 heteroatoms. The number of hydrogen-bond donors (Lipinski definition) is 5. The zero-order chi connectivity index (χ0) is 20.2. The third-order valence-corrected chi connectivity index (χ3v) is 5.88. The first kappa shape index (κ1) is 20.0. The molecule has 158 valence electrons. The molecule has 0 unspecified atom stereocenters. The molecule has 28 heavy (non-hydrogen) atoms. The lowest BCUT2D eigenvalue weighted by Crippen LogP contribution is -2.60. The molecule has 1 saturated carbocycles. The fourth-order valence-electron chi connectivity index (χ4n) is 4.37. The fraction of sp³-hybridized carbons (Fsp3) is 0.824. The SMILES string of the molecule is CC(=O)OC[C@]12O[C@H]1[C@@H](O)[C@@H]1C=CO[C@@H](O[C@@H]3O[C@H](CO)[C@@H](O)[C@H](O)[C@H]3O)[C@@H]12. The van der Waals surface area contributed by atoms with Crippen LogP contribution in [0.4, 0.5) is 0 Å². The average molecular weight is 404 g/mol. The van der Waals surface area contributed by atoms with E-state index in [-0.39, 0.29) is 6.61 Å². The normalized spacial score (nSPS) is 51.8. The van der Waals surface area contributed by atoms with Crippen molar-refractivity contribution in [3.8, 4) is 0 Å². The van der Waals surface area contributed by atoms with Crippen LogP contribution in [0, 0.1) is 11.8 Å². The van der Waals surface area contributed by atoms with Gasteiger partial charge in [-0.15, -0.1) is 0 Å². The number of carbonyl (C=O) groups is 1. The molecule has 4 rings (SSSR count). The highest BCUT2D eigenvalue weighted by molar-refractivity contribution is 5.66. The molecule has 0 aromatic carbocycles. The Labute approximate surface area is 160 Å². The van der Waals surface area contributed by atoms with Gasteiger partial charge in [0, 0.05) is 12.8 Å². The van der Waals surface area contributed by atoms with Crippen LogP contribution in [0.15, 0.2) is 12.3 Å². The summed E-state index contributed by atoms with van der Waals surface area (Å²) in [5, 5.41) is 49.8. The van der Waals surface area contributed by atoms with Crippen LogP contribution in [0.3, 0.4) is 0 Å². The van der Waals surface area contributed by atoms with Gasteiger partial charge in [-0.1, -0.05) is 0 Å². The van der Waals surface area contributed by atoms with Crippen molar-refractivity contribution in [3.63, 3.8) is 0 Å². The Kier molecular flexibility index (Phi) is 5.13. The van der Waals surface area contributed by atoms with E-state index < -0.39 is 79.2 Å². The van der Waals surface area contributed by atoms with Gasteiger partial charge in [0.25, 0.3) is 0 Å². The molecule has 0 aromatic rings. The van der Waals surface area contributed by atoms with Crippen molar-refractivity contribution < 1.29 is 54.0 Å². The topological polar surface area (TPSA) is 168 Å². The maximum atomic E-state index is 11.2. The Bertz CT molecular complexity index is 639. The molecule has 3 fully saturated rings. The Morgan fingerprint density at radius 2 is 1.86 bits per heavy atom. The van der Waals surface area contributed by atoms with Crippen molar-refractivity contribution in [2.24, 2.45) is 11.8 Å². The van der Waals surface area contributed by atoms with Crippen molar-refractivity contribution in [1.82, 2.24) is 0 Å². The first-order chi connectivity index (χ1) is 13.3. The summed E-state index contributed by atoms with van der Waals surface area (Å²) >= 11 is 0. The summed E-state index contributed by atoms with van der Waals surface area (Å²) in [6.45, 7) is 0.565. The third-order valence-electron chi connectivity index (χ3n) is 5.88. The molecule has 1 aliphatic carbocycles. The highest BCUT2D eigenvalue weighted by Crippen LogP contribution is 2.60. The maximum absolute atomic E-state index is 11.2. The van der Waals surface area contributed by atoms with Crippen LogP contribution in [0.1, 0.15) is 6.92 Å². The zero-order valence-electron chi connectivity index (χ0n) is 15.0. The Balaban J connectivity index is 1.53. The summed E-state index contributed by atoms with van der Waals surface area (Å²) in [5.74, 6) is -1.48. The molecule has 0 radical (unpaired) electrons. The highest BCUT2D eigenvalue weighted by atomic mass is 16.8. The minimum absolute atomic E-state index is 0.100. The molecule has 11 nitrogen and oxygen atoms in total. The highest BCUT2D eigenvalue weighted by Gasteiger charge is 2.76. The van der Waals surface area contributed by atoms with Gasteiger partial charge in [0.2, 0.25) is 6.29 Å². The zero-order valence-corrected chi connectivity index (χ0v) is 15.0. The van der Waals surface area contributed by atoms with Crippen molar-refractivity contribution in [2.75, 3.05) is 13.2 Å². The molecule has 0 bridgehead atoms.